The van der Waals surface area contributed by atoms with E-state index in [0.717, 1.165) is 6.26 Å². The van der Waals surface area contributed by atoms with Crippen LogP contribution in [0.1, 0.15) is 20.8 Å². The van der Waals surface area contributed by atoms with Crippen LogP contribution in [0.4, 0.5) is 0 Å². The van der Waals surface area contributed by atoms with E-state index < -0.39 is 22.0 Å². The predicted molar refractivity (Wildman–Crippen MR) is 50.3 cm³/mol. The van der Waals surface area contributed by atoms with E-state index in [2.05, 4.69) is 0 Å². The van der Waals surface area contributed by atoms with Crippen molar-refractivity contribution >= 4 is 10.1 Å². The largest absolute Gasteiger partial charge is 0.348 e. The Morgan fingerprint density at radius 1 is 1.50 bits per heavy atom. The van der Waals surface area contributed by atoms with Crippen molar-refractivity contribution in [3.05, 3.63) is 0 Å². The van der Waals surface area contributed by atoms with E-state index in [-0.39, 0.29) is 6.10 Å². The Morgan fingerprint density at radius 2 is 2.07 bits per heavy atom. The van der Waals surface area contributed by atoms with Gasteiger partial charge in [-0.25, -0.2) is 0 Å². The highest BCUT2D eigenvalue weighted by atomic mass is 32.2. The van der Waals surface area contributed by atoms with Crippen LogP contribution in [0.5, 0.6) is 0 Å². The molecule has 0 amide bonds. The zero-order valence-electron chi connectivity index (χ0n) is 8.81. The van der Waals surface area contributed by atoms with Gasteiger partial charge in [-0.05, 0) is 20.8 Å². The molecule has 0 aliphatic carbocycles. The molecular weight excluding hydrogens is 208 g/mol. The molecule has 0 spiro atoms. The standard InChI is InChI=1S/C8H16O5S/c1-6(13-14(4,9)10)7-5-11-8(2,3)12-7/h6-7H,5H2,1-4H3/t6?,7-/m0/s1. The molecule has 0 aromatic rings. The number of rotatable bonds is 3. The summed E-state index contributed by atoms with van der Waals surface area (Å²) in [5.74, 6) is -0.653. The molecule has 2 atom stereocenters. The molecule has 0 aromatic heterocycles. The monoisotopic (exact) mass is 224 g/mol. The lowest BCUT2D eigenvalue weighted by atomic mass is 10.2. The molecule has 1 unspecified atom stereocenters. The normalized spacial score (nSPS) is 29.0. The Morgan fingerprint density at radius 3 is 2.43 bits per heavy atom. The topological polar surface area (TPSA) is 61.8 Å². The van der Waals surface area contributed by atoms with Gasteiger partial charge in [-0.2, -0.15) is 8.42 Å². The minimum absolute atomic E-state index is 0.334. The van der Waals surface area contributed by atoms with Gasteiger partial charge in [0, 0.05) is 0 Å². The third-order valence-corrected chi connectivity index (χ3v) is 2.53. The van der Waals surface area contributed by atoms with Crippen LogP contribution in [0, 0.1) is 0 Å². The average Bonchev–Trinajstić information content (AvgIpc) is 2.26. The quantitative estimate of drug-likeness (QED) is 0.653. The van der Waals surface area contributed by atoms with Crippen LogP contribution in [-0.2, 0) is 23.8 Å². The highest BCUT2D eigenvalue weighted by Gasteiger charge is 2.37. The maximum Gasteiger partial charge on any atom is 0.264 e. The van der Waals surface area contributed by atoms with Gasteiger partial charge < -0.3 is 9.47 Å². The fraction of sp³-hybridized carbons (Fsp3) is 1.00. The molecule has 1 heterocycles. The summed E-state index contributed by atoms with van der Waals surface area (Å²) < 4.78 is 37.2. The van der Waals surface area contributed by atoms with Gasteiger partial charge in [-0.1, -0.05) is 0 Å². The third-order valence-electron chi connectivity index (χ3n) is 1.88. The van der Waals surface area contributed by atoms with Crippen molar-refractivity contribution in [2.24, 2.45) is 0 Å². The van der Waals surface area contributed by atoms with E-state index in [1.165, 1.54) is 0 Å². The first kappa shape index (κ1) is 11.9. The molecule has 0 saturated carbocycles. The van der Waals surface area contributed by atoms with Crippen LogP contribution in [-0.4, -0.2) is 39.3 Å². The molecule has 1 fully saturated rings. The van der Waals surface area contributed by atoms with Crippen LogP contribution < -0.4 is 0 Å². The van der Waals surface area contributed by atoms with Gasteiger partial charge in [0.2, 0.25) is 0 Å². The Bertz CT molecular complexity index is 295. The second-order valence-corrected chi connectivity index (χ2v) is 5.47. The van der Waals surface area contributed by atoms with Crippen molar-refractivity contribution in [2.45, 2.75) is 38.8 Å². The summed E-state index contributed by atoms with van der Waals surface area (Å²) in [6, 6.07) is 0. The van der Waals surface area contributed by atoms with Crippen molar-refractivity contribution in [1.29, 1.82) is 0 Å². The molecule has 6 heteroatoms. The summed E-state index contributed by atoms with van der Waals surface area (Å²) in [5, 5.41) is 0. The Kier molecular flexibility index (Phi) is 3.20. The van der Waals surface area contributed by atoms with E-state index >= 15 is 0 Å². The van der Waals surface area contributed by atoms with Gasteiger partial charge in [0.05, 0.1) is 12.9 Å². The first-order valence-electron chi connectivity index (χ1n) is 4.40. The van der Waals surface area contributed by atoms with Crippen molar-refractivity contribution in [3.63, 3.8) is 0 Å². The van der Waals surface area contributed by atoms with Gasteiger partial charge in [-0.15, -0.1) is 0 Å². The fourth-order valence-electron chi connectivity index (χ4n) is 1.28. The summed E-state index contributed by atoms with van der Waals surface area (Å²) in [6.07, 6.45) is 0.163. The van der Waals surface area contributed by atoms with Gasteiger partial charge in [-0.3, -0.25) is 4.18 Å². The van der Waals surface area contributed by atoms with Gasteiger partial charge in [0.15, 0.2) is 5.79 Å². The lowest BCUT2D eigenvalue weighted by Crippen LogP contribution is -2.32. The lowest BCUT2D eigenvalue weighted by Gasteiger charge is -2.20. The van der Waals surface area contributed by atoms with E-state index in [4.69, 9.17) is 13.7 Å². The van der Waals surface area contributed by atoms with E-state index in [0.29, 0.717) is 6.61 Å². The minimum atomic E-state index is -3.43. The first-order valence-corrected chi connectivity index (χ1v) is 6.21. The van der Waals surface area contributed by atoms with Crippen LogP contribution in [0.25, 0.3) is 0 Å². The molecule has 1 aliphatic rings. The van der Waals surface area contributed by atoms with Crippen molar-refractivity contribution in [1.82, 2.24) is 0 Å². The molecule has 5 nitrogen and oxygen atoms in total. The molecule has 0 bridgehead atoms. The molecule has 0 aromatic carbocycles. The van der Waals surface area contributed by atoms with Crippen LogP contribution in [0.15, 0.2) is 0 Å². The highest BCUT2D eigenvalue weighted by molar-refractivity contribution is 7.86. The van der Waals surface area contributed by atoms with Crippen molar-refractivity contribution < 1.29 is 22.1 Å². The maximum atomic E-state index is 10.8. The summed E-state index contributed by atoms with van der Waals surface area (Å²) in [5.41, 5.74) is 0. The smallest absolute Gasteiger partial charge is 0.264 e. The highest BCUT2D eigenvalue weighted by Crippen LogP contribution is 2.25. The van der Waals surface area contributed by atoms with Crippen LogP contribution >= 0.6 is 0 Å². The van der Waals surface area contributed by atoms with Gasteiger partial charge in [0.1, 0.15) is 12.2 Å². The van der Waals surface area contributed by atoms with Gasteiger partial charge >= 0.3 is 0 Å². The van der Waals surface area contributed by atoms with Crippen LogP contribution in [0.3, 0.4) is 0 Å². The zero-order chi connectivity index (χ0) is 11.0. The number of ether oxygens (including phenoxy) is 2. The summed E-state index contributed by atoms with van der Waals surface area (Å²) in [4.78, 5) is 0. The summed E-state index contributed by atoms with van der Waals surface area (Å²) in [7, 11) is -3.43. The molecule has 0 N–H and O–H groups in total. The lowest BCUT2D eigenvalue weighted by molar-refractivity contribution is -0.147. The van der Waals surface area contributed by atoms with Crippen LogP contribution in [0.2, 0.25) is 0 Å². The predicted octanol–water partition coefficient (Wildman–Crippen LogP) is 0.503. The van der Waals surface area contributed by atoms with Gasteiger partial charge in [0.25, 0.3) is 10.1 Å². The third kappa shape index (κ3) is 3.53. The number of hydrogen-bond acceptors (Lipinski definition) is 5. The molecule has 1 saturated heterocycles. The first-order chi connectivity index (χ1) is 6.20. The Hall–Kier alpha value is -0.170. The molecular formula is C8H16O5S. The van der Waals surface area contributed by atoms with E-state index in [1.807, 2.05) is 0 Å². The second kappa shape index (κ2) is 3.77. The van der Waals surface area contributed by atoms with Crippen molar-refractivity contribution in [2.75, 3.05) is 12.9 Å². The van der Waals surface area contributed by atoms with E-state index in [1.54, 1.807) is 20.8 Å². The SMILES string of the molecule is CC(OS(C)(=O)=O)[C@@H]1COC(C)(C)O1. The second-order valence-electron chi connectivity index (χ2n) is 3.87. The zero-order valence-corrected chi connectivity index (χ0v) is 9.63. The molecule has 14 heavy (non-hydrogen) atoms. The van der Waals surface area contributed by atoms with E-state index in [9.17, 15) is 8.42 Å². The van der Waals surface area contributed by atoms with Crippen molar-refractivity contribution in [3.8, 4) is 0 Å². The summed E-state index contributed by atoms with van der Waals surface area (Å²) in [6.45, 7) is 5.56. The minimum Gasteiger partial charge on any atom is -0.348 e. The average molecular weight is 224 g/mol. The Labute approximate surface area is 84.5 Å². The molecule has 1 rings (SSSR count). The molecule has 84 valence electrons. The Balaban J connectivity index is 2.52. The molecule has 1 aliphatic heterocycles. The molecule has 0 radical (unpaired) electrons. The summed E-state index contributed by atoms with van der Waals surface area (Å²) >= 11 is 0. The number of hydrogen-bond donors (Lipinski definition) is 0. The fourth-order valence-corrected chi connectivity index (χ4v) is 1.96. The maximum absolute atomic E-state index is 10.8.